The number of hydrogen-bond donors (Lipinski definition) is 3. The normalized spacial score (nSPS) is 11.9. The zero-order valence-electron chi connectivity index (χ0n) is 15.2. The monoisotopic (exact) mass is 503 g/mol. The van der Waals surface area contributed by atoms with Crippen molar-refractivity contribution in [1.82, 2.24) is 20.6 Å². The minimum Gasteiger partial charge on any atom is -0.356 e. The van der Waals surface area contributed by atoms with Gasteiger partial charge in [0.2, 0.25) is 0 Å². The van der Waals surface area contributed by atoms with Gasteiger partial charge in [-0.15, -0.1) is 24.0 Å². The van der Waals surface area contributed by atoms with Crippen molar-refractivity contribution in [3.8, 4) is 0 Å². The van der Waals surface area contributed by atoms with Crippen LogP contribution in [0.2, 0.25) is 0 Å². The van der Waals surface area contributed by atoms with Crippen molar-refractivity contribution in [2.75, 3.05) is 13.6 Å². The zero-order chi connectivity index (χ0) is 19.3. The fraction of sp³-hybridized carbons (Fsp3) is 0.263. The van der Waals surface area contributed by atoms with E-state index in [4.69, 9.17) is 0 Å². The first kappa shape index (κ1) is 22.0. The lowest BCUT2D eigenvalue weighted by Crippen LogP contribution is -2.38. The fourth-order valence-corrected chi connectivity index (χ4v) is 2.69. The summed E-state index contributed by atoms with van der Waals surface area (Å²) in [7, 11) is 1.61. The molecule has 0 saturated heterocycles. The molecule has 3 rings (SSSR count). The lowest BCUT2D eigenvalue weighted by molar-refractivity contribution is -0.137. The molecule has 2 aromatic carbocycles. The Morgan fingerprint density at radius 2 is 1.89 bits per heavy atom. The molecule has 0 amide bonds. The van der Waals surface area contributed by atoms with Gasteiger partial charge in [0.05, 0.1) is 16.6 Å². The Morgan fingerprint density at radius 1 is 1.11 bits per heavy atom. The summed E-state index contributed by atoms with van der Waals surface area (Å²) in [4.78, 5) is 11.8. The van der Waals surface area contributed by atoms with Crippen molar-refractivity contribution >= 4 is 41.0 Å². The predicted octanol–water partition coefficient (Wildman–Crippen LogP) is 4.11. The van der Waals surface area contributed by atoms with E-state index in [1.54, 1.807) is 13.1 Å². The molecule has 0 radical (unpaired) electrons. The van der Waals surface area contributed by atoms with Gasteiger partial charge in [0, 0.05) is 26.6 Å². The topological polar surface area (TPSA) is 65.1 Å². The minimum absolute atomic E-state index is 0. The number of nitrogens with one attached hydrogen (secondary N) is 3. The highest BCUT2D eigenvalue weighted by atomic mass is 127. The Kier molecular flexibility index (Phi) is 7.67. The number of nitrogens with zero attached hydrogens (tertiary/aromatic N) is 2. The Balaban J connectivity index is 0.00000280. The van der Waals surface area contributed by atoms with Crippen molar-refractivity contribution in [2.24, 2.45) is 4.99 Å². The number of hydrogen-bond acceptors (Lipinski definition) is 2. The summed E-state index contributed by atoms with van der Waals surface area (Å²) in [6, 6.07) is 13.0. The van der Waals surface area contributed by atoms with Crippen LogP contribution in [0, 0.1) is 0 Å². The third kappa shape index (κ3) is 5.85. The second kappa shape index (κ2) is 9.76. The van der Waals surface area contributed by atoms with Gasteiger partial charge in [-0.25, -0.2) is 4.98 Å². The maximum atomic E-state index is 12.8. The molecule has 0 aliphatic heterocycles. The van der Waals surface area contributed by atoms with E-state index in [2.05, 4.69) is 25.6 Å². The number of fused-ring (bicyclic) bond motifs is 1. The number of aromatic nitrogens is 2. The zero-order valence-corrected chi connectivity index (χ0v) is 17.5. The maximum Gasteiger partial charge on any atom is 0.416 e. The van der Waals surface area contributed by atoms with Crippen LogP contribution in [0.1, 0.15) is 17.0 Å². The summed E-state index contributed by atoms with van der Waals surface area (Å²) in [6.07, 6.45) is -3.68. The molecule has 0 atom stereocenters. The number of H-pyrrole nitrogens is 1. The first-order valence-corrected chi connectivity index (χ1v) is 8.50. The van der Waals surface area contributed by atoms with Crippen LogP contribution >= 0.6 is 24.0 Å². The number of imidazole rings is 1. The van der Waals surface area contributed by atoms with Gasteiger partial charge in [0.15, 0.2) is 5.96 Å². The van der Waals surface area contributed by atoms with E-state index in [1.165, 1.54) is 6.07 Å². The van der Waals surface area contributed by atoms with E-state index in [0.717, 1.165) is 29.0 Å². The smallest absolute Gasteiger partial charge is 0.356 e. The molecule has 0 aliphatic rings. The van der Waals surface area contributed by atoms with Gasteiger partial charge in [-0.1, -0.05) is 24.3 Å². The Bertz CT molecular complexity index is 903. The molecular weight excluding hydrogens is 482 g/mol. The van der Waals surface area contributed by atoms with Gasteiger partial charge in [0.1, 0.15) is 5.82 Å². The lowest BCUT2D eigenvalue weighted by Gasteiger charge is -2.13. The summed E-state index contributed by atoms with van der Waals surface area (Å²) >= 11 is 0. The molecule has 3 N–H and O–H groups in total. The summed E-state index contributed by atoms with van der Waals surface area (Å²) in [5.74, 6) is 1.38. The second-order valence-corrected chi connectivity index (χ2v) is 6.00. The Labute approximate surface area is 177 Å². The van der Waals surface area contributed by atoms with E-state index < -0.39 is 11.7 Å². The molecule has 0 fully saturated rings. The van der Waals surface area contributed by atoms with Crippen LogP contribution in [0.25, 0.3) is 11.0 Å². The van der Waals surface area contributed by atoms with Gasteiger partial charge in [-0.2, -0.15) is 13.2 Å². The molecule has 9 heteroatoms. The standard InChI is InChI=1S/C19H20F3N5.HI/c1-23-18(25-12-13-5-4-6-14(11-13)19(20,21)22)24-10-9-17-26-15-7-2-3-8-16(15)27-17;/h2-8,11H,9-10,12H2,1H3,(H,26,27)(H2,23,24,25);1H. The van der Waals surface area contributed by atoms with Crippen LogP contribution in [-0.2, 0) is 19.1 Å². The summed E-state index contributed by atoms with van der Waals surface area (Å²) in [5.41, 5.74) is 1.78. The van der Waals surface area contributed by atoms with Crippen LogP contribution in [0.15, 0.2) is 53.5 Å². The average molecular weight is 503 g/mol. The molecule has 0 unspecified atom stereocenters. The van der Waals surface area contributed by atoms with Gasteiger partial charge < -0.3 is 15.6 Å². The summed E-state index contributed by atoms with van der Waals surface area (Å²) < 4.78 is 38.3. The number of alkyl halides is 3. The van der Waals surface area contributed by atoms with E-state index in [1.807, 2.05) is 24.3 Å². The second-order valence-electron chi connectivity index (χ2n) is 6.00. The quantitative estimate of drug-likeness (QED) is 0.279. The Morgan fingerprint density at radius 3 is 2.61 bits per heavy atom. The highest BCUT2D eigenvalue weighted by molar-refractivity contribution is 14.0. The van der Waals surface area contributed by atoms with Crippen molar-refractivity contribution in [3.63, 3.8) is 0 Å². The first-order valence-electron chi connectivity index (χ1n) is 8.50. The highest BCUT2D eigenvalue weighted by Crippen LogP contribution is 2.29. The first-order chi connectivity index (χ1) is 13.0. The van der Waals surface area contributed by atoms with Gasteiger partial charge >= 0.3 is 6.18 Å². The van der Waals surface area contributed by atoms with Crippen molar-refractivity contribution in [2.45, 2.75) is 19.1 Å². The fourth-order valence-electron chi connectivity index (χ4n) is 2.69. The molecule has 1 aromatic heterocycles. The number of guanidine groups is 1. The number of halogens is 4. The molecule has 0 bridgehead atoms. The van der Waals surface area contributed by atoms with Crippen LogP contribution in [0.4, 0.5) is 13.2 Å². The third-order valence-corrected chi connectivity index (χ3v) is 4.03. The number of benzene rings is 2. The molecule has 150 valence electrons. The van der Waals surface area contributed by atoms with Crippen LogP contribution in [0.5, 0.6) is 0 Å². The molecule has 28 heavy (non-hydrogen) atoms. The maximum absolute atomic E-state index is 12.8. The van der Waals surface area contributed by atoms with E-state index in [-0.39, 0.29) is 30.5 Å². The van der Waals surface area contributed by atoms with Crippen molar-refractivity contribution < 1.29 is 13.2 Å². The highest BCUT2D eigenvalue weighted by Gasteiger charge is 2.30. The summed E-state index contributed by atoms with van der Waals surface area (Å²) in [5, 5.41) is 6.15. The molecule has 3 aromatic rings. The Hall–Kier alpha value is -2.30. The SMILES string of the molecule is CN=C(NCCc1nc2ccccc2[nH]1)NCc1cccc(C(F)(F)F)c1.I. The van der Waals surface area contributed by atoms with Gasteiger partial charge in [-0.05, 0) is 29.8 Å². The van der Waals surface area contributed by atoms with Crippen molar-refractivity contribution in [1.29, 1.82) is 0 Å². The van der Waals surface area contributed by atoms with E-state index >= 15 is 0 Å². The van der Waals surface area contributed by atoms with E-state index in [9.17, 15) is 13.2 Å². The van der Waals surface area contributed by atoms with Crippen LogP contribution in [-0.4, -0.2) is 29.5 Å². The summed E-state index contributed by atoms with van der Waals surface area (Å²) in [6.45, 7) is 0.830. The number of aromatic amines is 1. The molecule has 0 aliphatic carbocycles. The number of rotatable bonds is 5. The van der Waals surface area contributed by atoms with E-state index in [0.29, 0.717) is 24.5 Å². The van der Waals surface area contributed by atoms with Gasteiger partial charge in [0.25, 0.3) is 0 Å². The molecule has 0 saturated carbocycles. The van der Waals surface area contributed by atoms with Gasteiger partial charge in [-0.3, -0.25) is 4.99 Å². The molecular formula is C19H21F3IN5. The van der Waals surface area contributed by atoms with Crippen LogP contribution < -0.4 is 10.6 Å². The van der Waals surface area contributed by atoms with Crippen LogP contribution in [0.3, 0.4) is 0 Å². The van der Waals surface area contributed by atoms with Crippen molar-refractivity contribution in [3.05, 3.63) is 65.5 Å². The number of aliphatic imine (C=N–C) groups is 1. The molecule has 5 nitrogen and oxygen atoms in total. The molecule has 1 heterocycles. The lowest BCUT2D eigenvalue weighted by atomic mass is 10.1. The largest absolute Gasteiger partial charge is 0.416 e. The predicted molar refractivity (Wildman–Crippen MR) is 115 cm³/mol. The number of para-hydroxylation sites is 2. The average Bonchev–Trinajstić information content (AvgIpc) is 3.07. The molecule has 0 spiro atoms. The third-order valence-electron chi connectivity index (χ3n) is 4.03. The minimum atomic E-state index is -4.34.